The van der Waals surface area contributed by atoms with E-state index in [0.717, 1.165) is 44.2 Å². The van der Waals surface area contributed by atoms with Crippen LogP contribution >= 0.6 is 0 Å². The van der Waals surface area contributed by atoms with Crippen molar-refractivity contribution in [2.45, 2.75) is 51.0 Å². The molecule has 0 radical (unpaired) electrons. The van der Waals surface area contributed by atoms with Crippen molar-refractivity contribution in [2.75, 3.05) is 64.7 Å². The van der Waals surface area contributed by atoms with E-state index in [0.29, 0.717) is 25.4 Å². The molecule has 1 rings (SSSR count). The molecule has 42 heavy (non-hydrogen) atoms. The largest absolute Gasteiger partial charge is 0.611 e. The van der Waals surface area contributed by atoms with Gasteiger partial charge in [-0.15, -0.1) is 0 Å². The van der Waals surface area contributed by atoms with E-state index in [4.69, 9.17) is 20.4 Å². The van der Waals surface area contributed by atoms with Gasteiger partial charge in [0.05, 0.1) is 19.4 Å². The lowest BCUT2D eigenvalue weighted by Crippen LogP contribution is -2.47. The van der Waals surface area contributed by atoms with Crippen LogP contribution in [0.5, 0.6) is 0 Å². The van der Waals surface area contributed by atoms with Gasteiger partial charge in [-0.05, 0) is 49.5 Å². The Labute approximate surface area is 250 Å². The Morgan fingerprint density at radius 1 is 0.810 bits per heavy atom. The van der Waals surface area contributed by atoms with Gasteiger partial charge in [-0.1, -0.05) is 45.9 Å². The molecule has 1 aromatic carbocycles. The predicted molar refractivity (Wildman–Crippen MR) is 159 cm³/mol. The zero-order valence-corrected chi connectivity index (χ0v) is 25.8. The number of benzene rings is 1. The van der Waals surface area contributed by atoms with Gasteiger partial charge in [0.1, 0.15) is 5.75 Å². The van der Waals surface area contributed by atoms with Crippen LogP contribution in [0.3, 0.4) is 0 Å². The lowest BCUT2D eigenvalue weighted by molar-refractivity contribution is -0.170. The molecule has 0 saturated heterocycles. The number of likely N-dealkylation sites (N-methyl/N-ethyl adjacent to an activating group) is 2. The first kappa shape index (κ1) is 41.2. The molecule has 2 amide bonds. The lowest BCUT2D eigenvalue weighted by Gasteiger charge is -2.27. The highest BCUT2D eigenvalue weighted by atomic mass is 32.2. The summed E-state index contributed by atoms with van der Waals surface area (Å²) in [4.78, 5) is 50.4. The lowest BCUT2D eigenvalue weighted by atomic mass is 9.96. The van der Waals surface area contributed by atoms with Crippen LogP contribution < -0.4 is 5.32 Å². The van der Waals surface area contributed by atoms with Gasteiger partial charge in [0.15, 0.2) is 10.5 Å². The summed E-state index contributed by atoms with van der Waals surface area (Å²) in [5, 5.41) is 36.8. The summed E-state index contributed by atoms with van der Waals surface area (Å²) in [6.45, 7) is 15.8. The van der Waals surface area contributed by atoms with Gasteiger partial charge >= 0.3 is 23.9 Å². The molecule has 0 bridgehead atoms. The minimum absolute atomic E-state index is 0. The van der Waals surface area contributed by atoms with Crippen molar-refractivity contribution < 1.29 is 49.6 Å². The van der Waals surface area contributed by atoms with Gasteiger partial charge in [0.25, 0.3) is 0 Å². The zero-order chi connectivity index (χ0) is 31.4. The summed E-state index contributed by atoms with van der Waals surface area (Å²) in [5.74, 6) is -4.57. The number of nitrogens with zero attached hydrogens (tertiary/aromatic N) is 3. The van der Waals surface area contributed by atoms with Crippen LogP contribution in [0, 0.1) is 0 Å². The molecule has 1 unspecified atom stereocenters. The van der Waals surface area contributed by atoms with Gasteiger partial charge < -0.3 is 50.5 Å². The molecule has 1 atom stereocenters. The van der Waals surface area contributed by atoms with Crippen molar-refractivity contribution in [3.8, 4) is 0 Å². The Morgan fingerprint density at radius 3 is 1.71 bits per heavy atom. The molecule has 14 nitrogen and oxygen atoms in total. The predicted octanol–water partition coefficient (Wildman–Crippen LogP) is 0.416. The second-order valence-electron chi connectivity index (χ2n) is 9.11. The molecule has 0 aliphatic carbocycles. The molecule has 7 N–H and O–H groups in total. The number of hydrogen-bond acceptors (Lipinski definition) is 8. The van der Waals surface area contributed by atoms with Crippen LogP contribution in [0.2, 0.25) is 0 Å². The average Bonchev–Trinajstić information content (AvgIpc) is 2.92. The van der Waals surface area contributed by atoms with Crippen molar-refractivity contribution in [3.05, 3.63) is 30.3 Å². The zero-order valence-electron chi connectivity index (χ0n) is 25.0. The number of rotatable bonds is 19. The topological polar surface area (TPSA) is 226 Å². The highest BCUT2D eigenvalue weighted by molar-refractivity contribution is 7.91. The Morgan fingerprint density at radius 2 is 1.29 bits per heavy atom. The summed E-state index contributed by atoms with van der Waals surface area (Å²) < 4.78 is 12.5. The summed E-state index contributed by atoms with van der Waals surface area (Å²) >= 11 is -1.10. The molecule has 0 heterocycles. The fourth-order valence-corrected chi connectivity index (χ4v) is 4.77. The van der Waals surface area contributed by atoms with Crippen molar-refractivity contribution >= 4 is 35.1 Å². The van der Waals surface area contributed by atoms with Crippen LogP contribution in [0.15, 0.2) is 35.2 Å². The van der Waals surface area contributed by atoms with E-state index in [9.17, 15) is 23.7 Å². The summed E-state index contributed by atoms with van der Waals surface area (Å²) in [7, 11) is 0. The molecule has 0 saturated carbocycles. The fraction of sp³-hybridized carbons (Fsp3) is 0.630. The maximum atomic E-state index is 12.7. The first-order valence-electron chi connectivity index (χ1n) is 13.6. The highest BCUT2D eigenvalue weighted by Gasteiger charge is 2.40. The third kappa shape index (κ3) is 17.1. The van der Waals surface area contributed by atoms with Gasteiger partial charge in [0.2, 0.25) is 0 Å². The minimum Gasteiger partial charge on any atom is -0.611 e. The van der Waals surface area contributed by atoms with Crippen LogP contribution in [-0.4, -0.2) is 139 Å². The molecular weight excluding hydrogens is 572 g/mol. The SMILES string of the molecule is CCN(CC)CCNC(=O)N(CCN(CC)CC)CC[S+]([O-])c1ccccc1.O.O=C(O)CC(O)(CC(=O)O)C(=O)O. The van der Waals surface area contributed by atoms with Crippen LogP contribution in [0.1, 0.15) is 40.5 Å². The van der Waals surface area contributed by atoms with Crippen molar-refractivity contribution in [1.29, 1.82) is 0 Å². The van der Waals surface area contributed by atoms with E-state index in [1.165, 1.54) is 0 Å². The third-order valence-corrected chi connectivity index (χ3v) is 7.66. The van der Waals surface area contributed by atoms with E-state index in [1.807, 2.05) is 30.3 Å². The van der Waals surface area contributed by atoms with Gasteiger partial charge in [-0.3, -0.25) is 9.59 Å². The second kappa shape index (κ2) is 22.6. The maximum Gasteiger partial charge on any atom is 0.336 e. The number of carbonyl (C=O) groups is 4. The maximum absolute atomic E-state index is 12.7. The number of aliphatic carboxylic acids is 3. The van der Waals surface area contributed by atoms with Gasteiger partial charge in [0, 0.05) is 26.2 Å². The van der Waals surface area contributed by atoms with E-state index < -0.39 is 47.5 Å². The van der Waals surface area contributed by atoms with Crippen LogP contribution in [0.25, 0.3) is 0 Å². The molecule has 0 fully saturated rings. The van der Waals surface area contributed by atoms with Crippen molar-refractivity contribution in [3.63, 3.8) is 0 Å². The molecule has 0 spiro atoms. The van der Waals surface area contributed by atoms with E-state index in [-0.39, 0.29) is 11.5 Å². The van der Waals surface area contributed by atoms with Gasteiger partial charge in [-0.2, -0.15) is 0 Å². The Kier molecular flexibility index (Phi) is 22.2. The number of amides is 2. The monoisotopic (exact) mass is 620 g/mol. The summed E-state index contributed by atoms with van der Waals surface area (Å²) in [6.07, 6.45) is -2.29. The number of hydrogen-bond donors (Lipinski definition) is 5. The Balaban J connectivity index is 0. The number of carboxylic acid groups (broad SMARTS) is 3. The quantitative estimate of drug-likeness (QED) is 0.133. The number of nitrogens with one attached hydrogen (secondary N) is 1. The highest BCUT2D eigenvalue weighted by Crippen LogP contribution is 2.15. The van der Waals surface area contributed by atoms with Gasteiger partial charge in [-0.25, -0.2) is 9.59 Å². The second-order valence-corrected chi connectivity index (χ2v) is 10.7. The summed E-state index contributed by atoms with van der Waals surface area (Å²) in [6, 6.07) is 9.39. The molecule has 0 aromatic heterocycles. The molecule has 1 aromatic rings. The third-order valence-electron chi connectivity index (χ3n) is 6.30. The first-order valence-corrected chi connectivity index (χ1v) is 14.9. The van der Waals surface area contributed by atoms with Crippen LogP contribution in [0.4, 0.5) is 4.79 Å². The minimum atomic E-state index is -2.74. The smallest absolute Gasteiger partial charge is 0.336 e. The molecule has 0 aliphatic heterocycles. The molecular formula is C27H48N4O10S. The number of urea groups is 1. The van der Waals surface area contributed by atoms with Crippen molar-refractivity contribution in [2.24, 2.45) is 0 Å². The van der Waals surface area contributed by atoms with E-state index in [1.54, 1.807) is 4.90 Å². The Bertz CT molecular complexity index is 901. The normalized spacial score (nSPS) is 11.6. The first-order chi connectivity index (χ1) is 19.3. The standard InChI is InChI=1S/C21H38N4O2S.C6H8O7.H2O/c1-5-23(6-2)15-14-22-21(26)25(17-16-24(7-3)8-4)18-19-28(27)20-12-10-9-11-13-20;7-3(8)1-6(13,5(11)12)2-4(9)10;/h9-13H,5-8,14-19H2,1-4H3,(H,22,26);13H,1-2H2,(H,7,8)(H,9,10)(H,11,12);1H2. The summed E-state index contributed by atoms with van der Waals surface area (Å²) in [5.41, 5.74) is -2.74. The molecule has 0 aliphatic rings. The number of carboxylic acids is 3. The number of aliphatic hydroxyl groups is 1. The van der Waals surface area contributed by atoms with Crippen molar-refractivity contribution in [1.82, 2.24) is 20.0 Å². The Hall–Kier alpha value is -2.95. The van der Waals surface area contributed by atoms with E-state index >= 15 is 0 Å². The van der Waals surface area contributed by atoms with Crippen LogP contribution in [-0.2, 0) is 25.6 Å². The fourth-order valence-electron chi connectivity index (χ4n) is 3.69. The molecule has 15 heteroatoms. The van der Waals surface area contributed by atoms with E-state index in [2.05, 4.69) is 42.8 Å². The molecule has 242 valence electrons. The number of carbonyl (C=O) groups excluding carboxylic acids is 1. The average molecular weight is 621 g/mol.